The third-order valence-electron chi connectivity index (χ3n) is 3.25. The monoisotopic (exact) mass is 224 g/mol. The third kappa shape index (κ3) is 3.20. The van der Waals surface area contributed by atoms with Crippen LogP contribution in [0.1, 0.15) is 43.2 Å². The van der Waals surface area contributed by atoms with Crippen molar-refractivity contribution in [2.24, 2.45) is 0 Å². The van der Waals surface area contributed by atoms with Gasteiger partial charge in [0.15, 0.2) is 0 Å². The molecule has 0 amide bonds. The molecular weight excluding hydrogens is 204 g/mol. The van der Waals surface area contributed by atoms with Crippen molar-refractivity contribution < 1.29 is 0 Å². The maximum atomic E-state index is 2.26. The van der Waals surface area contributed by atoms with Gasteiger partial charge in [-0.1, -0.05) is 80.4 Å². The van der Waals surface area contributed by atoms with Crippen molar-refractivity contribution in [3.05, 3.63) is 71.8 Å². The van der Waals surface area contributed by atoms with E-state index in [1.54, 1.807) is 0 Å². The maximum absolute atomic E-state index is 2.26. The quantitative estimate of drug-likeness (QED) is 0.669. The Hall–Kier alpha value is -1.56. The lowest BCUT2D eigenvalue weighted by molar-refractivity contribution is 0.650. The van der Waals surface area contributed by atoms with Crippen molar-refractivity contribution >= 4 is 0 Å². The van der Waals surface area contributed by atoms with E-state index in [9.17, 15) is 0 Å². The lowest BCUT2D eigenvalue weighted by Crippen LogP contribution is -2.00. The van der Waals surface area contributed by atoms with Crippen LogP contribution in [0.4, 0.5) is 0 Å². The fourth-order valence-corrected chi connectivity index (χ4v) is 2.30. The predicted octanol–water partition coefficient (Wildman–Crippen LogP) is 5.01. The molecule has 17 heavy (non-hydrogen) atoms. The highest BCUT2D eigenvalue weighted by atomic mass is 14.2. The van der Waals surface area contributed by atoms with Crippen molar-refractivity contribution in [1.29, 1.82) is 0 Å². The zero-order valence-electron chi connectivity index (χ0n) is 10.5. The van der Waals surface area contributed by atoms with Crippen LogP contribution in [0.3, 0.4) is 0 Å². The Morgan fingerprint density at radius 3 is 1.65 bits per heavy atom. The largest absolute Gasteiger partial charge is 0.0654 e. The molecule has 88 valence electrons. The first kappa shape index (κ1) is 11.9. The van der Waals surface area contributed by atoms with Crippen LogP contribution in [0.25, 0.3) is 0 Å². The minimum absolute atomic E-state index is 0.553. The highest BCUT2D eigenvalue weighted by Gasteiger charge is 2.12. The fraction of sp³-hybridized carbons (Fsp3) is 0.294. The Morgan fingerprint density at radius 2 is 1.24 bits per heavy atom. The molecule has 0 fully saturated rings. The van der Waals surface area contributed by atoms with E-state index in [1.165, 1.54) is 30.4 Å². The van der Waals surface area contributed by atoms with Crippen LogP contribution >= 0.6 is 0 Å². The van der Waals surface area contributed by atoms with Crippen molar-refractivity contribution in [2.45, 2.75) is 32.1 Å². The van der Waals surface area contributed by atoms with Crippen LogP contribution in [0.5, 0.6) is 0 Å². The second-order valence-electron chi connectivity index (χ2n) is 4.52. The Labute approximate surface area is 104 Å². The SMILES string of the molecule is CCCCC(c1ccccc1)c1ccccc1. The topological polar surface area (TPSA) is 0 Å². The van der Waals surface area contributed by atoms with Gasteiger partial charge in [0, 0.05) is 5.92 Å². The summed E-state index contributed by atoms with van der Waals surface area (Å²) in [7, 11) is 0. The minimum Gasteiger partial charge on any atom is -0.0654 e. The zero-order chi connectivity index (χ0) is 11.9. The molecule has 0 unspecified atom stereocenters. The van der Waals surface area contributed by atoms with Crippen LogP contribution < -0.4 is 0 Å². The summed E-state index contributed by atoms with van der Waals surface area (Å²) in [5, 5.41) is 0. The molecular formula is C17H20. The lowest BCUT2D eigenvalue weighted by atomic mass is 9.87. The standard InChI is InChI=1S/C17H20/c1-2-3-14-17(15-10-6-4-7-11-15)16-12-8-5-9-13-16/h4-13,17H,2-3,14H2,1H3. The molecule has 2 aromatic rings. The molecule has 0 atom stereocenters. The van der Waals surface area contributed by atoms with Crippen molar-refractivity contribution in [3.63, 3.8) is 0 Å². The first-order valence-electron chi connectivity index (χ1n) is 6.51. The van der Waals surface area contributed by atoms with E-state index in [-0.39, 0.29) is 0 Å². The van der Waals surface area contributed by atoms with Gasteiger partial charge in [0.1, 0.15) is 0 Å². The molecule has 0 spiro atoms. The summed E-state index contributed by atoms with van der Waals surface area (Å²) in [4.78, 5) is 0. The van der Waals surface area contributed by atoms with Crippen LogP contribution in [-0.4, -0.2) is 0 Å². The first-order chi connectivity index (χ1) is 8.42. The van der Waals surface area contributed by atoms with Gasteiger partial charge in [0.25, 0.3) is 0 Å². The molecule has 0 aromatic heterocycles. The molecule has 0 aliphatic rings. The Morgan fingerprint density at radius 1 is 0.765 bits per heavy atom. The first-order valence-corrected chi connectivity index (χ1v) is 6.51. The number of unbranched alkanes of at least 4 members (excludes halogenated alkanes) is 1. The molecule has 0 N–H and O–H groups in total. The molecule has 0 heterocycles. The Kier molecular flexibility index (Phi) is 4.37. The summed E-state index contributed by atoms with van der Waals surface area (Å²) < 4.78 is 0. The fourth-order valence-electron chi connectivity index (χ4n) is 2.30. The van der Waals surface area contributed by atoms with Gasteiger partial charge in [-0.05, 0) is 17.5 Å². The third-order valence-corrected chi connectivity index (χ3v) is 3.25. The van der Waals surface area contributed by atoms with Gasteiger partial charge in [0.2, 0.25) is 0 Å². The maximum Gasteiger partial charge on any atom is 0.00893 e. The van der Waals surface area contributed by atoms with Gasteiger partial charge in [-0.25, -0.2) is 0 Å². The van der Waals surface area contributed by atoms with E-state index >= 15 is 0 Å². The number of benzene rings is 2. The van der Waals surface area contributed by atoms with E-state index in [0.717, 1.165) is 0 Å². The Balaban J connectivity index is 2.26. The summed E-state index contributed by atoms with van der Waals surface area (Å²) in [6, 6.07) is 21.7. The average Bonchev–Trinajstić information content (AvgIpc) is 2.42. The van der Waals surface area contributed by atoms with Crippen molar-refractivity contribution in [2.75, 3.05) is 0 Å². The summed E-state index contributed by atoms with van der Waals surface area (Å²) in [5.74, 6) is 0.553. The van der Waals surface area contributed by atoms with Crippen LogP contribution in [-0.2, 0) is 0 Å². The van der Waals surface area contributed by atoms with Crippen LogP contribution in [0.15, 0.2) is 60.7 Å². The second-order valence-corrected chi connectivity index (χ2v) is 4.52. The molecule has 0 aliphatic carbocycles. The lowest BCUT2D eigenvalue weighted by Gasteiger charge is -2.17. The molecule has 0 radical (unpaired) electrons. The van der Waals surface area contributed by atoms with E-state index in [4.69, 9.17) is 0 Å². The van der Waals surface area contributed by atoms with E-state index < -0.39 is 0 Å². The molecule has 0 aliphatic heterocycles. The molecule has 0 saturated heterocycles. The Bertz CT molecular complexity index is 377. The zero-order valence-corrected chi connectivity index (χ0v) is 10.5. The molecule has 0 heteroatoms. The number of hydrogen-bond donors (Lipinski definition) is 0. The van der Waals surface area contributed by atoms with Gasteiger partial charge in [-0.2, -0.15) is 0 Å². The molecule has 2 aromatic carbocycles. The van der Waals surface area contributed by atoms with Crippen molar-refractivity contribution in [1.82, 2.24) is 0 Å². The molecule has 0 bridgehead atoms. The second kappa shape index (κ2) is 6.24. The highest BCUT2D eigenvalue weighted by molar-refractivity contribution is 5.32. The normalized spacial score (nSPS) is 10.7. The van der Waals surface area contributed by atoms with Crippen LogP contribution in [0.2, 0.25) is 0 Å². The summed E-state index contributed by atoms with van der Waals surface area (Å²) >= 11 is 0. The summed E-state index contributed by atoms with van der Waals surface area (Å²) in [6.45, 7) is 2.26. The molecule has 0 nitrogen and oxygen atoms in total. The molecule has 2 rings (SSSR count). The van der Waals surface area contributed by atoms with Gasteiger partial charge >= 0.3 is 0 Å². The van der Waals surface area contributed by atoms with E-state index in [2.05, 4.69) is 67.6 Å². The summed E-state index contributed by atoms with van der Waals surface area (Å²) in [6.07, 6.45) is 3.79. The predicted molar refractivity (Wildman–Crippen MR) is 74.3 cm³/mol. The molecule has 0 saturated carbocycles. The number of hydrogen-bond acceptors (Lipinski definition) is 0. The van der Waals surface area contributed by atoms with Gasteiger partial charge < -0.3 is 0 Å². The smallest absolute Gasteiger partial charge is 0.00893 e. The average molecular weight is 224 g/mol. The van der Waals surface area contributed by atoms with E-state index in [0.29, 0.717) is 5.92 Å². The number of rotatable bonds is 5. The van der Waals surface area contributed by atoms with Gasteiger partial charge in [-0.15, -0.1) is 0 Å². The van der Waals surface area contributed by atoms with Crippen molar-refractivity contribution in [3.8, 4) is 0 Å². The minimum atomic E-state index is 0.553. The van der Waals surface area contributed by atoms with Gasteiger partial charge in [-0.3, -0.25) is 0 Å². The summed E-state index contributed by atoms with van der Waals surface area (Å²) in [5.41, 5.74) is 2.87. The van der Waals surface area contributed by atoms with Crippen LogP contribution in [0, 0.1) is 0 Å². The van der Waals surface area contributed by atoms with E-state index in [1.807, 2.05) is 0 Å². The highest BCUT2D eigenvalue weighted by Crippen LogP contribution is 2.29. The van der Waals surface area contributed by atoms with Gasteiger partial charge in [0.05, 0.1) is 0 Å².